The van der Waals surface area contributed by atoms with Crippen LogP contribution < -0.4 is 5.32 Å². The second-order valence-corrected chi connectivity index (χ2v) is 4.29. The number of rotatable bonds is 4. The van der Waals surface area contributed by atoms with Gasteiger partial charge in [0.1, 0.15) is 11.5 Å². The average Bonchev–Trinajstić information content (AvgIpc) is 2.56. The van der Waals surface area contributed by atoms with E-state index in [0.717, 1.165) is 11.3 Å². The second kappa shape index (κ2) is 5.53. The predicted octanol–water partition coefficient (Wildman–Crippen LogP) is 2.83. The van der Waals surface area contributed by atoms with Crippen LogP contribution in [0.1, 0.15) is 9.67 Å². The summed E-state index contributed by atoms with van der Waals surface area (Å²) < 4.78 is 4.91. The van der Waals surface area contributed by atoms with Crippen molar-refractivity contribution >= 4 is 40.7 Å². The molecule has 5 nitrogen and oxygen atoms in total. The zero-order valence-electron chi connectivity index (χ0n) is 8.03. The molecule has 1 heterocycles. The maximum absolute atomic E-state index is 11.1. The summed E-state index contributed by atoms with van der Waals surface area (Å²) >= 11 is 6.51. The van der Waals surface area contributed by atoms with Crippen LogP contribution in [-0.2, 0) is 4.74 Å². The Kier molecular flexibility index (Phi) is 4.33. The van der Waals surface area contributed by atoms with Crippen LogP contribution in [0.25, 0.3) is 0 Å². The van der Waals surface area contributed by atoms with Crippen LogP contribution >= 0.6 is 22.9 Å². The number of carboxylic acid groups (broad SMARTS) is 1. The van der Waals surface area contributed by atoms with E-state index in [2.05, 4.69) is 16.6 Å². The third-order valence-corrected chi connectivity index (χ3v) is 2.72. The molecule has 0 aromatic carbocycles. The molecule has 0 radical (unpaired) electrons. The Balaban J connectivity index is 2.76. The average molecular weight is 262 g/mol. The fourth-order valence-electron chi connectivity index (χ4n) is 0.893. The molecule has 1 aromatic rings. The quantitative estimate of drug-likeness (QED) is 0.817. The molecule has 86 valence electrons. The Morgan fingerprint density at radius 2 is 2.38 bits per heavy atom. The van der Waals surface area contributed by atoms with Gasteiger partial charge in [-0.05, 0) is 6.07 Å². The molecule has 1 amide bonds. The summed E-state index contributed by atoms with van der Waals surface area (Å²) in [6.07, 6.45) is 0.648. The molecule has 2 N–H and O–H groups in total. The lowest BCUT2D eigenvalue weighted by atomic mass is 10.4. The highest BCUT2D eigenvalue weighted by molar-refractivity contribution is 7.18. The fourth-order valence-corrected chi connectivity index (χ4v) is 1.91. The number of halogens is 1. The van der Waals surface area contributed by atoms with Gasteiger partial charge in [0.25, 0.3) is 0 Å². The van der Waals surface area contributed by atoms with Crippen molar-refractivity contribution in [2.24, 2.45) is 0 Å². The summed E-state index contributed by atoms with van der Waals surface area (Å²) in [4.78, 5) is 21.9. The highest BCUT2D eigenvalue weighted by atomic mass is 35.5. The first-order valence-electron chi connectivity index (χ1n) is 4.12. The highest BCUT2D eigenvalue weighted by Crippen LogP contribution is 2.30. The maximum Gasteiger partial charge on any atom is 0.411 e. The number of carboxylic acids is 1. The first-order chi connectivity index (χ1) is 7.54. The van der Waals surface area contributed by atoms with Gasteiger partial charge in [-0.3, -0.25) is 5.32 Å². The minimum atomic E-state index is -1.16. The van der Waals surface area contributed by atoms with Gasteiger partial charge in [-0.1, -0.05) is 24.3 Å². The molecule has 0 spiro atoms. The van der Waals surface area contributed by atoms with Gasteiger partial charge in [0.15, 0.2) is 0 Å². The van der Waals surface area contributed by atoms with Gasteiger partial charge in [-0.15, -0.1) is 11.3 Å². The summed E-state index contributed by atoms with van der Waals surface area (Å²) in [6, 6.07) is 1.35. The van der Waals surface area contributed by atoms with E-state index in [1.807, 2.05) is 0 Å². The molecule has 0 unspecified atom stereocenters. The smallest absolute Gasteiger partial charge is 0.411 e. The van der Waals surface area contributed by atoms with E-state index in [1.165, 1.54) is 12.1 Å². The van der Waals surface area contributed by atoms with E-state index in [-0.39, 0.29) is 21.5 Å². The van der Waals surface area contributed by atoms with Crippen molar-refractivity contribution in [3.63, 3.8) is 0 Å². The van der Waals surface area contributed by atoms with Crippen molar-refractivity contribution in [3.05, 3.63) is 27.9 Å². The van der Waals surface area contributed by atoms with E-state index in [9.17, 15) is 9.59 Å². The zero-order chi connectivity index (χ0) is 12.1. The number of hydrogen-bond acceptors (Lipinski definition) is 4. The molecule has 0 aliphatic heterocycles. The molecule has 0 saturated carbocycles. The van der Waals surface area contributed by atoms with Crippen LogP contribution in [0.4, 0.5) is 10.5 Å². The molecule has 0 bridgehead atoms. The Bertz CT molecular complexity index is 429. The number of nitrogens with one attached hydrogen (secondary N) is 1. The van der Waals surface area contributed by atoms with Crippen LogP contribution in [0.3, 0.4) is 0 Å². The Morgan fingerprint density at radius 1 is 1.69 bits per heavy atom. The summed E-state index contributed by atoms with van der Waals surface area (Å²) in [5.74, 6) is -1.16. The first-order valence-corrected chi connectivity index (χ1v) is 5.31. The second-order valence-electron chi connectivity index (χ2n) is 2.61. The van der Waals surface area contributed by atoms with Crippen molar-refractivity contribution in [2.45, 2.75) is 0 Å². The van der Waals surface area contributed by atoms with Crippen LogP contribution in [-0.4, -0.2) is 23.8 Å². The monoisotopic (exact) mass is 261 g/mol. The van der Waals surface area contributed by atoms with E-state index in [0.29, 0.717) is 0 Å². The minimum Gasteiger partial charge on any atom is -0.477 e. The molecule has 0 aliphatic carbocycles. The maximum atomic E-state index is 11.1. The Morgan fingerprint density at radius 3 is 2.94 bits per heavy atom. The van der Waals surface area contributed by atoms with Gasteiger partial charge in [0, 0.05) is 0 Å². The number of carbonyl (C=O) groups is 2. The molecular formula is C9H8ClNO4S. The van der Waals surface area contributed by atoms with E-state index >= 15 is 0 Å². The Labute approximate surface area is 100 Å². The van der Waals surface area contributed by atoms with E-state index in [4.69, 9.17) is 16.7 Å². The standard InChI is InChI=1S/C9H8ClNO4S/c1-2-3-15-9(14)11-5-4-6(10)16-7(5)8(12)13/h2,4H,1,3H2,(H,11,14)(H,12,13). The lowest BCUT2D eigenvalue weighted by Crippen LogP contribution is -2.14. The molecule has 0 fully saturated rings. The van der Waals surface area contributed by atoms with Crippen molar-refractivity contribution < 1.29 is 19.4 Å². The summed E-state index contributed by atoms with van der Waals surface area (Å²) in [5, 5.41) is 11.1. The summed E-state index contributed by atoms with van der Waals surface area (Å²) in [5.41, 5.74) is 0.122. The van der Waals surface area contributed by atoms with Crippen LogP contribution in [0.2, 0.25) is 4.34 Å². The SMILES string of the molecule is C=CCOC(=O)Nc1cc(Cl)sc1C(=O)O. The topological polar surface area (TPSA) is 75.6 Å². The van der Waals surface area contributed by atoms with Crippen molar-refractivity contribution in [3.8, 4) is 0 Å². The van der Waals surface area contributed by atoms with Crippen molar-refractivity contribution in [1.82, 2.24) is 0 Å². The molecule has 7 heteroatoms. The number of ether oxygens (including phenoxy) is 1. The fraction of sp³-hybridized carbons (Fsp3) is 0.111. The predicted molar refractivity (Wildman–Crippen MR) is 61.5 cm³/mol. The van der Waals surface area contributed by atoms with Crippen LogP contribution in [0, 0.1) is 0 Å². The molecule has 0 atom stereocenters. The summed E-state index contributed by atoms with van der Waals surface area (Å²) in [7, 11) is 0. The first kappa shape index (κ1) is 12.5. The number of carbonyl (C=O) groups excluding carboxylic acids is 1. The number of thiophene rings is 1. The molecule has 1 rings (SSSR count). The lowest BCUT2D eigenvalue weighted by molar-refractivity contribution is 0.0703. The number of hydrogen-bond donors (Lipinski definition) is 2. The number of aromatic carboxylic acids is 1. The molecule has 16 heavy (non-hydrogen) atoms. The van der Waals surface area contributed by atoms with Crippen LogP contribution in [0.5, 0.6) is 0 Å². The van der Waals surface area contributed by atoms with Gasteiger partial charge >= 0.3 is 12.1 Å². The molecular weight excluding hydrogens is 254 g/mol. The van der Waals surface area contributed by atoms with Gasteiger partial charge in [-0.2, -0.15) is 0 Å². The normalized spacial score (nSPS) is 9.56. The van der Waals surface area contributed by atoms with Gasteiger partial charge in [0.2, 0.25) is 0 Å². The molecule has 0 aliphatic rings. The van der Waals surface area contributed by atoms with E-state index in [1.54, 1.807) is 0 Å². The lowest BCUT2D eigenvalue weighted by Gasteiger charge is -2.03. The highest BCUT2D eigenvalue weighted by Gasteiger charge is 2.16. The van der Waals surface area contributed by atoms with Gasteiger partial charge in [-0.25, -0.2) is 9.59 Å². The third-order valence-electron chi connectivity index (χ3n) is 1.47. The van der Waals surface area contributed by atoms with E-state index < -0.39 is 12.1 Å². The zero-order valence-corrected chi connectivity index (χ0v) is 9.60. The number of amides is 1. The largest absolute Gasteiger partial charge is 0.477 e. The third kappa shape index (κ3) is 3.25. The van der Waals surface area contributed by atoms with Crippen LogP contribution in [0.15, 0.2) is 18.7 Å². The molecule has 1 aromatic heterocycles. The van der Waals surface area contributed by atoms with Crippen molar-refractivity contribution in [2.75, 3.05) is 11.9 Å². The van der Waals surface area contributed by atoms with Gasteiger partial charge in [0.05, 0.1) is 10.0 Å². The van der Waals surface area contributed by atoms with Crippen molar-refractivity contribution in [1.29, 1.82) is 0 Å². The minimum absolute atomic E-state index is 0.0412. The summed E-state index contributed by atoms with van der Waals surface area (Å²) in [6.45, 7) is 3.42. The molecule has 0 saturated heterocycles. The Hall–Kier alpha value is -1.53. The van der Waals surface area contributed by atoms with Gasteiger partial charge < -0.3 is 9.84 Å². The number of anilines is 1.